The Morgan fingerprint density at radius 2 is 2.00 bits per heavy atom. The molecule has 0 bridgehead atoms. The second-order valence-electron chi connectivity index (χ2n) is 5.15. The lowest BCUT2D eigenvalue weighted by molar-refractivity contribution is 0.0702. The van der Waals surface area contributed by atoms with Gasteiger partial charge in [-0.15, -0.1) is 35.3 Å². The number of aliphatic imine (C=N–C) groups is 1. The van der Waals surface area contributed by atoms with Crippen molar-refractivity contribution >= 4 is 41.3 Å². The van der Waals surface area contributed by atoms with Gasteiger partial charge in [0.1, 0.15) is 0 Å². The summed E-state index contributed by atoms with van der Waals surface area (Å²) >= 11 is 1.77. The van der Waals surface area contributed by atoms with Gasteiger partial charge in [0.05, 0.1) is 23.9 Å². The van der Waals surface area contributed by atoms with Crippen molar-refractivity contribution in [1.82, 2.24) is 15.6 Å². The number of thiazole rings is 1. The van der Waals surface area contributed by atoms with Crippen LogP contribution in [0.5, 0.6) is 0 Å². The Hall–Kier alpha value is -0.450. The van der Waals surface area contributed by atoms with E-state index in [0.29, 0.717) is 19.8 Å². The summed E-state index contributed by atoms with van der Waals surface area (Å²) in [5, 5.41) is 7.79. The number of aryl methyl sites for hydroxylation is 2. The van der Waals surface area contributed by atoms with Crippen molar-refractivity contribution in [2.75, 3.05) is 46.6 Å². The Balaban J connectivity index is 0.00000529. The van der Waals surface area contributed by atoms with E-state index in [0.717, 1.165) is 44.1 Å². The van der Waals surface area contributed by atoms with Crippen molar-refractivity contribution in [2.24, 2.45) is 4.99 Å². The van der Waals surface area contributed by atoms with Crippen LogP contribution in [0.2, 0.25) is 0 Å². The molecule has 140 valence electrons. The molecule has 0 aromatic carbocycles. The van der Waals surface area contributed by atoms with Gasteiger partial charge in [0.2, 0.25) is 0 Å². The van der Waals surface area contributed by atoms with Crippen LogP contribution in [0.4, 0.5) is 0 Å². The lowest BCUT2D eigenvalue weighted by Gasteiger charge is -2.10. The smallest absolute Gasteiger partial charge is 0.191 e. The highest BCUT2D eigenvalue weighted by Crippen LogP contribution is 2.16. The fourth-order valence-corrected chi connectivity index (χ4v) is 2.81. The molecule has 0 unspecified atom stereocenters. The van der Waals surface area contributed by atoms with Crippen LogP contribution >= 0.6 is 35.3 Å². The average molecular weight is 470 g/mol. The summed E-state index contributed by atoms with van der Waals surface area (Å²) in [5.41, 5.74) is 1.14. The molecule has 2 N–H and O–H groups in total. The molecule has 6 nitrogen and oxygen atoms in total. The number of guanidine groups is 1. The molecule has 0 atom stereocenters. The lowest BCUT2D eigenvalue weighted by atomic mass is 10.4. The highest BCUT2D eigenvalue weighted by Gasteiger charge is 2.04. The van der Waals surface area contributed by atoms with E-state index in [2.05, 4.69) is 41.4 Å². The number of methoxy groups -OCH3 is 1. The molecule has 0 aliphatic heterocycles. The molecule has 0 fully saturated rings. The number of halogens is 1. The maximum absolute atomic E-state index is 5.43. The van der Waals surface area contributed by atoms with Crippen LogP contribution in [0.25, 0.3) is 0 Å². The summed E-state index contributed by atoms with van der Waals surface area (Å²) in [6.45, 7) is 10.7. The quantitative estimate of drug-likeness (QED) is 0.225. The number of nitrogens with zero attached hydrogens (tertiary/aromatic N) is 2. The number of aromatic nitrogens is 1. The largest absolute Gasteiger partial charge is 0.382 e. The maximum Gasteiger partial charge on any atom is 0.191 e. The lowest BCUT2D eigenvalue weighted by Crippen LogP contribution is -2.38. The van der Waals surface area contributed by atoms with Crippen molar-refractivity contribution < 1.29 is 9.47 Å². The van der Waals surface area contributed by atoms with E-state index < -0.39 is 0 Å². The number of nitrogens with one attached hydrogen (secondary N) is 2. The SMILES string of the molecule is CCNC(=NCCCOCCOC)NCCc1nc(C)c(C)s1.I. The minimum atomic E-state index is 0. The fraction of sp³-hybridized carbons (Fsp3) is 0.750. The standard InChI is InChI=1S/C16H30N4O2S.HI/c1-5-17-16(18-8-6-10-22-12-11-21-4)19-9-7-15-20-13(2)14(3)23-15;/h5-12H2,1-4H3,(H2,17,18,19);1H. The number of hydrogen-bond donors (Lipinski definition) is 2. The molecule has 1 aromatic heterocycles. The predicted octanol–water partition coefficient (Wildman–Crippen LogP) is 2.53. The monoisotopic (exact) mass is 470 g/mol. The first-order chi connectivity index (χ1) is 11.2. The zero-order valence-electron chi connectivity index (χ0n) is 15.2. The van der Waals surface area contributed by atoms with Gasteiger partial charge in [-0.1, -0.05) is 0 Å². The Morgan fingerprint density at radius 1 is 1.21 bits per heavy atom. The van der Waals surface area contributed by atoms with E-state index in [1.807, 2.05) is 0 Å². The third-order valence-corrected chi connectivity index (χ3v) is 4.33. The van der Waals surface area contributed by atoms with Crippen molar-refractivity contribution in [3.63, 3.8) is 0 Å². The van der Waals surface area contributed by atoms with Crippen LogP contribution in [0.15, 0.2) is 4.99 Å². The zero-order chi connectivity index (χ0) is 16.9. The van der Waals surface area contributed by atoms with Crippen LogP contribution in [-0.2, 0) is 15.9 Å². The van der Waals surface area contributed by atoms with Gasteiger partial charge < -0.3 is 20.1 Å². The molecule has 0 amide bonds. The Labute approximate surface area is 166 Å². The summed E-state index contributed by atoms with van der Waals surface area (Å²) in [4.78, 5) is 10.4. The molecular formula is C16H31IN4O2S. The second kappa shape index (κ2) is 14.9. The van der Waals surface area contributed by atoms with Gasteiger partial charge in [0, 0.05) is 44.6 Å². The van der Waals surface area contributed by atoms with E-state index in [1.54, 1.807) is 18.4 Å². The van der Waals surface area contributed by atoms with E-state index in [9.17, 15) is 0 Å². The number of rotatable bonds is 11. The van der Waals surface area contributed by atoms with Crippen molar-refractivity contribution in [3.8, 4) is 0 Å². The Bertz CT molecular complexity index is 449. The molecule has 0 saturated carbocycles. The Morgan fingerprint density at radius 3 is 2.62 bits per heavy atom. The average Bonchev–Trinajstić information content (AvgIpc) is 2.84. The van der Waals surface area contributed by atoms with Crippen LogP contribution < -0.4 is 10.6 Å². The molecule has 1 heterocycles. The van der Waals surface area contributed by atoms with Crippen LogP contribution in [0, 0.1) is 13.8 Å². The predicted molar refractivity (Wildman–Crippen MR) is 112 cm³/mol. The van der Waals surface area contributed by atoms with Gasteiger partial charge in [-0.2, -0.15) is 0 Å². The molecule has 1 aromatic rings. The van der Waals surface area contributed by atoms with Crippen LogP contribution in [0.3, 0.4) is 0 Å². The second-order valence-corrected chi connectivity index (χ2v) is 6.43. The summed E-state index contributed by atoms with van der Waals surface area (Å²) in [7, 11) is 1.68. The highest BCUT2D eigenvalue weighted by atomic mass is 127. The van der Waals surface area contributed by atoms with Crippen LogP contribution in [-0.4, -0.2) is 57.5 Å². The van der Waals surface area contributed by atoms with Gasteiger partial charge in [-0.3, -0.25) is 4.99 Å². The maximum atomic E-state index is 5.43. The third kappa shape index (κ3) is 10.4. The van der Waals surface area contributed by atoms with Crippen LogP contribution in [0.1, 0.15) is 28.9 Å². The molecule has 8 heteroatoms. The zero-order valence-corrected chi connectivity index (χ0v) is 18.3. The molecule has 1 rings (SSSR count). The molecule has 24 heavy (non-hydrogen) atoms. The first kappa shape index (κ1) is 23.5. The van der Waals surface area contributed by atoms with Gasteiger partial charge in [0.15, 0.2) is 5.96 Å². The van der Waals surface area contributed by atoms with E-state index in [4.69, 9.17) is 9.47 Å². The summed E-state index contributed by atoms with van der Waals surface area (Å²) in [6.07, 6.45) is 1.83. The topological polar surface area (TPSA) is 67.8 Å². The number of hydrogen-bond acceptors (Lipinski definition) is 5. The minimum Gasteiger partial charge on any atom is -0.382 e. The molecule has 0 saturated heterocycles. The van der Waals surface area contributed by atoms with Crippen molar-refractivity contribution in [1.29, 1.82) is 0 Å². The summed E-state index contributed by atoms with van der Waals surface area (Å²) in [6, 6.07) is 0. The van der Waals surface area contributed by atoms with Crippen molar-refractivity contribution in [3.05, 3.63) is 15.6 Å². The van der Waals surface area contributed by atoms with E-state index in [-0.39, 0.29) is 24.0 Å². The number of ether oxygens (including phenoxy) is 2. The van der Waals surface area contributed by atoms with Gasteiger partial charge >= 0.3 is 0 Å². The van der Waals surface area contributed by atoms with Gasteiger partial charge in [0.25, 0.3) is 0 Å². The first-order valence-corrected chi connectivity index (χ1v) is 9.00. The Kier molecular flexibility index (Phi) is 14.6. The van der Waals surface area contributed by atoms with Gasteiger partial charge in [-0.05, 0) is 27.2 Å². The third-order valence-electron chi connectivity index (χ3n) is 3.20. The van der Waals surface area contributed by atoms with Gasteiger partial charge in [-0.25, -0.2) is 4.98 Å². The van der Waals surface area contributed by atoms with E-state index >= 15 is 0 Å². The highest BCUT2D eigenvalue weighted by molar-refractivity contribution is 14.0. The molecule has 0 spiro atoms. The molecule has 0 aliphatic rings. The summed E-state index contributed by atoms with van der Waals surface area (Å²) < 4.78 is 10.4. The first-order valence-electron chi connectivity index (χ1n) is 8.19. The normalized spacial score (nSPS) is 11.2. The fourth-order valence-electron chi connectivity index (χ4n) is 1.88. The summed E-state index contributed by atoms with van der Waals surface area (Å²) in [5.74, 6) is 0.856. The molecule has 0 radical (unpaired) electrons. The molecule has 0 aliphatic carbocycles. The van der Waals surface area contributed by atoms with Crippen molar-refractivity contribution in [2.45, 2.75) is 33.6 Å². The molecular weight excluding hydrogens is 439 g/mol. The van der Waals surface area contributed by atoms with E-state index in [1.165, 1.54) is 9.88 Å². The minimum absolute atomic E-state index is 0.